The van der Waals surface area contributed by atoms with Gasteiger partial charge in [0, 0.05) is 20.3 Å². The Labute approximate surface area is 89.6 Å². The average Bonchev–Trinajstić information content (AvgIpc) is 2.15. The lowest BCUT2D eigenvalue weighted by atomic mass is 10.0. The third-order valence-corrected chi connectivity index (χ3v) is 2.05. The number of aryl methyl sites for hydroxylation is 1. The van der Waals surface area contributed by atoms with Crippen LogP contribution < -0.4 is 0 Å². The van der Waals surface area contributed by atoms with Crippen LogP contribution in [0.2, 0.25) is 0 Å². The first kappa shape index (κ1) is 11.3. The van der Waals surface area contributed by atoms with Gasteiger partial charge in [-0.2, -0.15) is 0 Å². The summed E-state index contributed by atoms with van der Waals surface area (Å²) in [5.41, 5.74) is 2.05. The summed E-state index contributed by atoms with van der Waals surface area (Å²) in [5.74, 6) is -0.905. The number of benzene rings is 1. The highest BCUT2D eigenvalue weighted by molar-refractivity contribution is 6.15. The van der Waals surface area contributed by atoms with Gasteiger partial charge in [0.1, 0.15) is 0 Å². The van der Waals surface area contributed by atoms with Gasteiger partial charge in [-0.3, -0.25) is 0 Å². The van der Waals surface area contributed by atoms with Crippen LogP contribution in [0.4, 0.5) is 0 Å². The van der Waals surface area contributed by atoms with Crippen molar-refractivity contribution in [3.8, 4) is 0 Å². The zero-order valence-corrected chi connectivity index (χ0v) is 9.19. The van der Waals surface area contributed by atoms with Crippen LogP contribution in [-0.2, 0) is 4.79 Å². The predicted molar refractivity (Wildman–Crippen MR) is 60.5 cm³/mol. The van der Waals surface area contributed by atoms with E-state index in [4.69, 9.17) is 5.11 Å². The molecule has 3 nitrogen and oxygen atoms in total. The van der Waals surface area contributed by atoms with Gasteiger partial charge in [-0.1, -0.05) is 24.3 Å². The molecule has 0 heterocycles. The molecule has 0 saturated carbocycles. The molecule has 0 spiro atoms. The number of rotatable bonds is 3. The summed E-state index contributed by atoms with van der Waals surface area (Å²) in [4.78, 5) is 12.8. The molecule has 0 radical (unpaired) electrons. The zero-order chi connectivity index (χ0) is 11.4. The minimum Gasteiger partial charge on any atom is -0.478 e. The molecule has 0 fully saturated rings. The second kappa shape index (κ2) is 4.64. The first-order chi connectivity index (χ1) is 7.02. The van der Waals surface area contributed by atoms with Crippen molar-refractivity contribution in [2.45, 2.75) is 6.92 Å². The Balaban J connectivity index is 3.23. The third-order valence-electron chi connectivity index (χ3n) is 2.05. The van der Waals surface area contributed by atoms with Gasteiger partial charge in [0.25, 0.3) is 0 Å². The molecule has 15 heavy (non-hydrogen) atoms. The summed E-state index contributed by atoms with van der Waals surface area (Å²) in [5, 5.41) is 9.11. The summed E-state index contributed by atoms with van der Waals surface area (Å²) >= 11 is 0. The quantitative estimate of drug-likeness (QED) is 0.767. The van der Waals surface area contributed by atoms with Gasteiger partial charge in [0.2, 0.25) is 0 Å². The highest BCUT2D eigenvalue weighted by Gasteiger charge is 2.12. The minimum atomic E-state index is -0.905. The number of nitrogens with zero attached hydrogens (tertiary/aromatic N) is 1. The summed E-state index contributed by atoms with van der Waals surface area (Å²) in [6.07, 6.45) is 1.62. The molecule has 0 aliphatic heterocycles. The molecule has 1 aromatic rings. The van der Waals surface area contributed by atoms with Gasteiger partial charge >= 0.3 is 5.97 Å². The van der Waals surface area contributed by atoms with Crippen LogP contribution in [0.1, 0.15) is 11.1 Å². The van der Waals surface area contributed by atoms with Crippen molar-refractivity contribution in [3.63, 3.8) is 0 Å². The zero-order valence-electron chi connectivity index (χ0n) is 9.19. The number of hydrogen-bond acceptors (Lipinski definition) is 2. The van der Waals surface area contributed by atoms with Crippen molar-refractivity contribution in [1.82, 2.24) is 4.90 Å². The predicted octanol–water partition coefficient (Wildman–Crippen LogP) is 1.98. The summed E-state index contributed by atoms with van der Waals surface area (Å²) in [7, 11) is 3.61. The summed E-state index contributed by atoms with van der Waals surface area (Å²) < 4.78 is 0. The Morgan fingerprint density at radius 1 is 1.33 bits per heavy atom. The molecule has 0 atom stereocenters. The number of hydrogen-bond donors (Lipinski definition) is 1. The normalized spacial score (nSPS) is 11.3. The largest absolute Gasteiger partial charge is 0.478 e. The molecule has 80 valence electrons. The van der Waals surface area contributed by atoms with Crippen LogP contribution in [0, 0.1) is 6.92 Å². The number of aliphatic carboxylic acids is 1. The van der Waals surface area contributed by atoms with Crippen LogP contribution in [0.15, 0.2) is 30.5 Å². The Kier molecular flexibility index (Phi) is 3.50. The first-order valence-corrected chi connectivity index (χ1v) is 4.70. The maximum Gasteiger partial charge on any atom is 0.337 e. The summed E-state index contributed by atoms with van der Waals surface area (Å²) in [6, 6.07) is 7.46. The maximum atomic E-state index is 11.1. The molecule has 3 heteroatoms. The fourth-order valence-electron chi connectivity index (χ4n) is 1.37. The fourth-order valence-corrected chi connectivity index (χ4v) is 1.37. The molecule has 0 saturated heterocycles. The van der Waals surface area contributed by atoms with Crippen LogP contribution >= 0.6 is 0 Å². The van der Waals surface area contributed by atoms with E-state index in [2.05, 4.69) is 0 Å². The van der Waals surface area contributed by atoms with E-state index in [1.807, 2.05) is 31.2 Å². The Bertz CT molecular complexity index is 394. The second-order valence-electron chi connectivity index (χ2n) is 3.63. The van der Waals surface area contributed by atoms with Crippen molar-refractivity contribution in [2.24, 2.45) is 0 Å². The van der Waals surface area contributed by atoms with E-state index < -0.39 is 5.97 Å². The highest BCUT2D eigenvalue weighted by Crippen LogP contribution is 2.18. The van der Waals surface area contributed by atoms with E-state index in [-0.39, 0.29) is 0 Å². The van der Waals surface area contributed by atoms with E-state index in [1.54, 1.807) is 25.2 Å². The Hall–Kier alpha value is -1.77. The number of carbonyl (C=O) groups is 1. The average molecular weight is 205 g/mol. The molecule has 1 rings (SSSR count). The minimum absolute atomic E-state index is 0.318. The van der Waals surface area contributed by atoms with Crippen molar-refractivity contribution < 1.29 is 9.90 Å². The van der Waals surface area contributed by atoms with Crippen molar-refractivity contribution in [3.05, 3.63) is 41.6 Å². The maximum absolute atomic E-state index is 11.1. The Morgan fingerprint density at radius 3 is 2.40 bits per heavy atom. The fraction of sp³-hybridized carbons (Fsp3) is 0.250. The van der Waals surface area contributed by atoms with Crippen LogP contribution in [0.5, 0.6) is 0 Å². The second-order valence-corrected chi connectivity index (χ2v) is 3.63. The lowest BCUT2D eigenvalue weighted by Crippen LogP contribution is -2.08. The van der Waals surface area contributed by atoms with E-state index in [0.717, 1.165) is 11.1 Å². The third kappa shape index (κ3) is 2.84. The van der Waals surface area contributed by atoms with Crippen molar-refractivity contribution in [2.75, 3.05) is 14.1 Å². The lowest BCUT2D eigenvalue weighted by molar-refractivity contribution is -0.130. The smallest absolute Gasteiger partial charge is 0.337 e. The SMILES string of the molecule is Cc1ccccc1C(=CN(C)C)C(=O)O. The molecule has 0 amide bonds. The van der Waals surface area contributed by atoms with Gasteiger partial charge in [-0.05, 0) is 18.1 Å². The van der Waals surface area contributed by atoms with Gasteiger partial charge < -0.3 is 10.0 Å². The molecular weight excluding hydrogens is 190 g/mol. The molecule has 1 aromatic carbocycles. The molecule has 0 aliphatic rings. The van der Waals surface area contributed by atoms with E-state index in [0.29, 0.717) is 5.57 Å². The molecule has 0 aliphatic carbocycles. The van der Waals surface area contributed by atoms with E-state index >= 15 is 0 Å². The highest BCUT2D eigenvalue weighted by atomic mass is 16.4. The monoisotopic (exact) mass is 205 g/mol. The van der Waals surface area contributed by atoms with Gasteiger partial charge in [0.15, 0.2) is 0 Å². The van der Waals surface area contributed by atoms with Gasteiger partial charge in [-0.25, -0.2) is 4.79 Å². The lowest BCUT2D eigenvalue weighted by Gasteiger charge is -2.10. The van der Waals surface area contributed by atoms with Gasteiger partial charge in [-0.15, -0.1) is 0 Å². The van der Waals surface area contributed by atoms with E-state index in [1.165, 1.54) is 0 Å². The topological polar surface area (TPSA) is 40.5 Å². The van der Waals surface area contributed by atoms with Crippen LogP contribution in [0.25, 0.3) is 5.57 Å². The van der Waals surface area contributed by atoms with Crippen LogP contribution in [-0.4, -0.2) is 30.1 Å². The molecule has 0 unspecified atom stereocenters. The van der Waals surface area contributed by atoms with Gasteiger partial charge in [0.05, 0.1) is 5.57 Å². The Morgan fingerprint density at radius 2 is 1.93 bits per heavy atom. The molecule has 0 aromatic heterocycles. The van der Waals surface area contributed by atoms with Crippen molar-refractivity contribution >= 4 is 11.5 Å². The molecule has 1 N–H and O–H groups in total. The number of carboxylic acids is 1. The molecular formula is C12H15NO2. The molecule has 0 bridgehead atoms. The van der Waals surface area contributed by atoms with Crippen LogP contribution in [0.3, 0.4) is 0 Å². The number of carboxylic acid groups (broad SMARTS) is 1. The summed E-state index contributed by atoms with van der Waals surface area (Å²) in [6.45, 7) is 1.90. The first-order valence-electron chi connectivity index (χ1n) is 4.70. The standard InChI is InChI=1S/C12H15NO2/c1-9-6-4-5-7-10(9)11(12(14)15)8-13(2)3/h4-8H,1-3H3,(H,14,15). The van der Waals surface area contributed by atoms with E-state index in [9.17, 15) is 4.79 Å². The van der Waals surface area contributed by atoms with Crippen molar-refractivity contribution in [1.29, 1.82) is 0 Å².